The van der Waals surface area contributed by atoms with Gasteiger partial charge in [-0.1, -0.05) is 0 Å². The van der Waals surface area contributed by atoms with E-state index in [2.05, 4.69) is 0 Å². The van der Waals surface area contributed by atoms with Gasteiger partial charge in [-0.2, -0.15) is 5.26 Å². The Morgan fingerprint density at radius 2 is 2.27 bits per heavy atom. The van der Waals surface area contributed by atoms with Gasteiger partial charge in [0.1, 0.15) is 11.8 Å². The number of fused-ring (bicyclic) bond motifs is 1. The molecule has 15 heavy (non-hydrogen) atoms. The van der Waals surface area contributed by atoms with Crippen LogP contribution in [0.4, 0.5) is 0 Å². The van der Waals surface area contributed by atoms with Crippen molar-refractivity contribution in [1.29, 1.82) is 5.26 Å². The Labute approximate surface area is 87.1 Å². The van der Waals surface area contributed by atoms with Gasteiger partial charge in [0, 0.05) is 12.0 Å². The van der Waals surface area contributed by atoms with E-state index in [0.717, 1.165) is 0 Å². The number of benzene rings is 1. The Kier molecular flexibility index (Phi) is 2.14. The predicted octanol–water partition coefficient (Wildman–Crippen LogP) is 0.161. The molecule has 1 heterocycles. The summed E-state index contributed by atoms with van der Waals surface area (Å²) in [4.78, 5) is 0.0449. The monoisotopic (exact) mass is 224 g/mol. The Hall–Kier alpha value is -1.58. The summed E-state index contributed by atoms with van der Waals surface area (Å²) in [5.74, 6) is 0.550. The first-order chi connectivity index (χ1) is 7.00. The molecule has 2 N–H and O–H groups in total. The maximum atomic E-state index is 11.1. The zero-order valence-corrected chi connectivity index (χ0v) is 8.49. The van der Waals surface area contributed by atoms with Crippen LogP contribution in [0.15, 0.2) is 23.1 Å². The Morgan fingerprint density at radius 3 is 2.87 bits per heavy atom. The highest BCUT2D eigenvalue weighted by molar-refractivity contribution is 7.89. The van der Waals surface area contributed by atoms with E-state index in [1.165, 1.54) is 18.2 Å². The van der Waals surface area contributed by atoms with Gasteiger partial charge < -0.3 is 4.74 Å². The second-order valence-corrected chi connectivity index (χ2v) is 4.82. The minimum absolute atomic E-state index is 0.0449. The van der Waals surface area contributed by atoms with Crippen molar-refractivity contribution in [3.8, 4) is 11.8 Å². The van der Waals surface area contributed by atoms with Gasteiger partial charge >= 0.3 is 0 Å². The number of nitrogens with two attached hydrogens (primary N) is 1. The van der Waals surface area contributed by atoms with Crippen molar-refractivity contribution >= 4 is 10.0 Å². The molecule has 0 radical (unpaired) electrons. The van der Waals surface area contributed by atoms with E-state index in [1.807, 2.05) is 6.07 Å². The molecule has 1 aromatic rings. The molecule has 6 heteroatoms. The maximum absolute atomic E-state index is 11.1. The smallest absolute Gasteiger partial charge is 0.238 e. The number of hydrogen-bond acceptors (Lipinski definition) is 4. The van der Waals surface area contributed by atoms with Crippen LogP contribution in [0.3, 0.4) is 0 Å². The number of nitrogens with zero attached hydrogens (tertiary/aromatic N) is 1. The fourth-order valence-corrected chi connectivity index (χ4v) is 2.04. The number of hydrogen-bond donors (Lipinski definition) is 1. The van der Waals surface area contributed by atoms with Gasteiger partial charge in [0.15, 0.2) is 6.10 Å². The van der Waals surface area contributed by atoms with Crippen molar-refractivity contribution in [2.75, 3.05) is 0 Å². The van der Waals surface area contributed by atoms with Crippen molar-refractivity contribution < 1.29 is 13.2 Å². The quantitative estimate of drug-likeness (QED) is 0.735. The maximum Gasteiger partial charge on any atom is 0.238 e. The molecule has 1 aromatic carbocycles. The summed E-state index contributed by atoms with van der Waals surface area (Å²) in [6.07, 6.45) is -0.134. The molecule has 1 aliphatic heterocycles. The number of primary sulfonamides is 1. The molecular formula is C9H8N2O3S. The van der Waals surface area contributed by atoms with Crippen molar-refractivity contribution in [2.24, 2.45) is 5.14 Å². The predicted molar refractivity (Wildman–Crippen MR) is 51.5 cm³/mol. The summed E-state index contributed by atoms with van der Waals surface area (Å²) in [7, 11) is -3.69. The summed E-state index contributed by atoms with van der Waals surface area (Å²) >= 11 is 0. The first-order valence-corrected chi connectivity index (χ1v) is 5.77. The number of ether oxygens (including phenoxy) is 1. The van der Waals surface area contributed by atoms with Gasteiger partial charge in [0.2, 0.25) is 10.0 Å². The molecule has 1 aliphatic rings. The topological polar surface area (TPSA) is 93.2 Å². The van der Waals surface area contributed by atoms with Crippen LogP contribution in [0, 0.1) is 11.3 Å². The van der Waals surface area contributed by atoms with E-state index in [-0.39, 0.29) is 4.90 Å². The van der Waals surface area contributed by atoms with Gasteiger partial charge in [0.25, 0.3) is 0 Å². The van der Waals surface area contributed by atoms with Gasteiger partial charge in [-0.15, -0.1) is 0 Å². The van der Waals surface area contributed by atoms with Crippen molar-refractivity contribution in [3.05, 3.63) is 23.8 Å². The standard InChI is InChI=1S/C9H8N2O3S/c10-5-7-3-6-4-8(15(11,12)13)1-2-9(6)14-7/h1-2,4,7H,3H2,(H2,11,12,13)/t7-/m1/s1. The fraction of sp³-hybridized carbons (Fsp3) is 0.222. The zero-order valence-electron chi connectivity index (χ0n) is 7.67. The summed E-state index contributed by atoms with van der Waals surface area (Å²) < 4.78 is 27.3. The third-order valence-electron chi connectivity index (χ3n) is 2.18. The van der Waals surface area contributed by atoms with Gasteiger partial charge in [-0.25, -0.2) is 13.6 Å². The second kappa shape index (κ2) is 3.22. The highest BCUT2D eigenvalue weighted by atomic mass is 32.2. The van der Waals surface area contributed by atoms with E-state index >= 15 is 0 Å². The van der Waals surface area contributed by atoms with Crippen LogP contribution in [-0.4, -0.2) is 14.5 Å². The van der Waals surface area contributed by atoms with Crippen LogP contribution in [0.5, 0.6) is 5.75 Å². The molecule has 0 amide bonds. The molecule has 2 rings (SSSR count). The number of sulfonamides is 1. The van der Waals surface area contributed by atoms with Crippen LogP contribution >= 0.6 is 0 Å². The molecule has 5 nitrogen and oxygen atoms in total. The van der Waals surface area contributed by atoms with E-state index in [1.54, 1.807) is 0 Å². The number of nitriles is 1. The van der Waals surface area contributed by atoms with Gasteiger partial charge in [-0.3, -0.25) is 0 Å². The third-order valence-corrected chi connectivity index (χ3v) is 3.09. The summed E-state index contributed by atoms with van der Waals surface area (Å²) in [6, 6.07) is 6.30. The Balaban J connectivity index is 2.44. The van der Waals surface area contributed by atoms with E-state index < -0.39 is 16.1 Å². The molecule has 0 saturated carbocycles. The van der Waals surface area contributed by atoms with Gasteiger partial charge in [-0.05, 0) is 18.2 Å². The molecule has 0 fully saturated rings. The van der Waals surface area contributed by atoms with E-state index in [9.17, 15) is 8.42 Å². The van der Waals surface area contributed by atoms with Crippen molar-refractivity contribution in [2.45, 2.75) is 17.4 Å². The molecule has 0 bridgehead atoms. The minimum atomic E-state index is -3.69. The van der Waals surface area contributed by atoms with Crippen LogP contribution in [-0.2, 0) is 16.4 Å². The van der Waals surface area contributed by atoms with E-state index in [4.69, 9.17) is 15.1 Å². The Morgan fingerprint density at radius 1 is 1.53 bits per heavy atom. The highest BCUT2D eigenvalue weighted by Crippen LogP contribution is 2.30. The van der Waals surface area contributed by atoms with Crippen molar-refractivity contribution in [1.82, 2.24) is 0 Å². The molecule has 0 unspecified atom stereocenters. The van der Waals surface area contributed by atoms with Gasteiger partial charge in [0.05, 0.1) is 4.90 Å². The lowest BCUT2D eigenvalue weighted by atomic mass is 10.1. The SMILES string of the molecule is N#C[C@H]1Cc2cc(S(N)(=O)=O)ccc2O1. The molecule has 0 saturated heterocycles. The zero-order chi connectivity index (χ0) is 11.1. The third kappa shape index (κ3) is 1.79. The second-order valence-electron chi connectivity index (χ2n) is 3.25. The lowest BCUT2D eigenvalue weighted by Crippen LogP contribution is -2.12. The summed E-state index contributed by atoms with van der Waals surface area (Å²) in [6.45, 7) is 0. The minimum Gasteiger partial charge on any atom is -0.475 e. The van der Waals surface area contributed by atoms with E-state index in [0.29, 0.717) is 17.7 Å². The van der Waals surface area contributed by atoms with Crippen LogP contribution in [0.1, 0.15) is 5.56 Å². The molecule has 78 valence electrons. The molecular weight excluding hydrogens is 216 g/mol. The summed E-state index contributed by atoms with van der Waals surface area (Å²) in [5, 5.41) is 13.6. The Bertz CT molecular complexity index is 545. The average molecular weight is 224 g/mol. The lowest BCUT2D eigenvalue weighted by molar-refractivity contribution is 0.290. The first-order valence-electron chi connectivity index (χ1n) is 4.23. The normalized spacial score (nSPS) is 19.1. The highest BCUT2D eigenvalue weighted by Gasteiger charge is 2.23. The number of rotatable bonds is 1. The summed E-state index contributed by atoms with van der Waals surface area (Å²) in [5.41, 5.74) is 0.702. The molecule has 1 atom stereocenters. The average Bonchev–Trinajstić information content (AvgIpc) is 2.57. The van der Waals surface area contributed by atoms with Crippen LogP contribution in [0.2, 0.25) is 0 Å². The van der Waals surface area contributed by atoms with Crippen molar-refractivity contribution in [3.63, 3.8) is 0 Å². The lowest BCUT2D eigenvalue weighted by Gasteiger charge is -2.01. The molecule has 0 spiro atoms. The fourth-order valence-electron chi connectivity index (χ4n) is 1.47. The largest absolute Gasteiger partial charge is 0.475 e. The first kappa shape index (κ1) is 9.96. The van der Waals surface area contributed by atoms with Crippen LogP contribution in [0.25, 0.3) is 0 Å². The van der Waals surface area contributed by atoms with Crippen LogP contribution < -0.4 is 9.88 Å². The molecule has 0 aliphatic carbocycles. The molecule has 0 aromatic heterocycles.